The average molecular weight is 558 g/mol. The molecule has 1 aromatic heterocycles. The summed E-state index contributed by atoms with van der Waals surface area (Å²) in [6.45, 7) is 19.9. The predicted molar refractivity (Wildman–Crippen MR) is 177 cm³/mol. The Labute approximate surface area is 247 Å². The van der Waals surface area contributed by atoms with Crippen molar-refractivity contribution in [2.75, 3.05) is 0 Å². The quantitative estimate of drug-likeness (QED) is 0.204. The zero-order chi connectivity index (χ0) is 29.3. The first-order chi connectivity index (χ1) is 18.8. The Morgan fingerprint density at radius 2 is 1.51 bits per heavy atom. The van der Waals surface area contributed by atoms with Gasteiger partial charge in [0.25, 0.3) is 5.91 Å². The fraction of sp³-hybridized carbons (Fsp3) is 0.750. The summed E-state index contributed by atoms with van der Waals surface area (Å²) in [5.74, 6) is 1.49. The first-order valence-corrected chi connectivity index (χ1v) is 17.4. The Hall–Kier alpha value is -1.35. The van der Waals surface area contributed by atoms with E-state index in [1.165, 1.54) is 106 Å². The summed E-state index contributed by atoms with van der Waals surface area (Å²) >= 11 is 1.63. The lowest BCUT2D eigenvalue weighted by Gasteiger charge is -2.33. The monoisotopic (exact) mass is 557 g/mol. The van der Waals surface area contributed by atoms with Gasteiger partial charge in [0.15, 0.2) is 0 Å². The molecule has 1 N–H and O–H groups in total. The molecule has 3 unspecified atom stereocenters. The molecule has 1 aromatic carbocycles. The third-order valence-corrected chi connectivity index (χ3v) is 9.64. The number of rotatable bonds is 16. The van der Waals surface area contributed by atoms with Crippen molar-refractivity contribution >= 4 is 27.3 Å². The van der Waals surface area contributed by atoms with E-state index in [2.05, 4.69) is 78.0 Å². The Morgan fingerprint density at radius 1 is 0.897 bits per heavy atom. The molecule has 0 radical (unpaired) electrons. The normalized spacial score (nSPS) is 15.8. The molecule has 1 aliphatic rings. The fourth-order valence-electron chi connectivity index (χ4n) is 5.41. The minimum Gasteiger partial charge on any atom is -0.348 e. The van der Waals surface area contributed by atoms with Gasteiger partial charge in [-0.3, -0.25) is 4.79 Å². The molecule has 224 valence electrons. The van der Waals surface area contributed by atoms with Gasteiger partial charge >= 0.3 is 0 Å². The number of carbonyl (C=O) groups excluding carboxylic acids is 1. The Bertz CT molecular complexity index is 906. The maximum atomic E-state index is 13.2. The van der Waals surface area contributed by atoms with Crippen molar-refractivity contribution in [2.24, 2.45) is 17.3 Å². The lowest BCUT2D eigenvalue weighted by atomic mass is 9.80. The van der Waals surface area contributed by atoms with Crippen LogP contribution in [0.1, 0.15) is 161 Å². The van der Waals surface area contributed by atoms with Crippen molar-refractivity contribution in [3.05, 3.63) is 34.7 Å². The van der Waals surface area contributed by atoms with Gasteiger partial charge in [-0.2, -0.15) is 0 Å². The number of aryl methyl sites for hydroxylation is 1. The predicted octanol–water partition coefficient (Wildman–Crippen LogP) is 12.1. The Balaban J connectivity index is 0.000000589. The van der Waals surface area contributed by atoms with Crippen LogP contribution >= 0.6 is 11.3 Å². The van der Waals surface area contributed by atoms with Crippen LogP contribution in [0, 0.1) is 24.2 Å². The maximum Gasteiger partial charge on any atom is 0.261 e. The molecule has 1 saturated carbocycles. The van der Waals surface area contributed by atoms with Gasteiger partial charge < -0.3 is 5.32 Å². The Kier molecular flexibility index (Phi) is 18.0. The molecule has 1 aliphatic carbocycles. The summed E-state index contributed by atoms with van der Waals surface area (Å²) < 4.78 is 1.21. The molecule has 1 fully saturated rings. The summed E-state index contributed by atoms with van der Waals surface area (Å²) in [5.41, 5.74) is 1.54. The number of hydrogen-bond donors (Lipinski definition) is 1. The molecule has 39 heavy (non-hydrogen) atoms. The van der Waals surface area contributed by atoms with Crippen LogP contribution in [0.5, 0.6) is 0 Å². The smallest absolute Gasteiger partial charge is 0.261 e. The van der Waals surface area contributed by atoms with Gasteiger partial charge in [-0.25, -0.2) is 0 Å². The lowest BCUT2D eigenvalue weighted by molar-refractivity contribution is 0.0886. The third kappa shape index (κ3) is 12.8. The third-order valence-electron chi connectivity index (χ3n) is 8.54. The van der Waals surface area contributed by atoms with Crippen molar-refractivity contribution in [1.29, 1.82) is 0 Å². The molecule has 3 heteroatoms. The highest BCUT2D eigenvalue weighted by Crippen LogP contribution is 2.51. The molecular weight excluding hydrogens is 494 g/mol. The number of thiophene rings is 1. The number of hydrogen-bond acceptors (Lipinski definition) is 2. The number of amides is 1. The summed E-state index contributed by atoms with van der Waals surface area (Å²) in [6, 6.07) is 8.80. The molecule has 0 spiro atoms. The van der Waals surface area contributed by atoms with Crippen LogP contribution in [-0.4, -0.2) is 11.9 Å². The van der Waals surface area contributed by atoms with Crippen molar-refractivity contribution in [2.45, 2.75) is 158 Å². The zero-order valence-corrected chi connectivity index (χ0v) is 28.1. The molecule has 2 nitrogen and oxygen atoms in total. The van der Waals surface area contributed by atoms with Crippen LogP contribution in [-0.2, 0) is 0 Å². The van der Waals surface area contributed by atoms with Gasteiger partial charge in [0.05, 0.1) is 4.88 Å². The molecular formula is C36H63NOS. The van der Waals surface area contributed by atoms with E-state index in [1.54, 1.807) is 11.3 Å². The van der Waals surface area contributed by atoms with E-state index in [1.807, 2.05) is 13.8 Å². The van der Waals surface area contributed by atoms with E-state index in [4.69, 9.17) is 0 Å². The second-order valence-corrected chi connectivity index (χ2v) is 13.2. The highest BCUT2D eigenvalue weighted by atomic mass is 32.1. The summed E-state index contributed by atoms with van der Waals surface area (Å²) in [4.78, 5) is 14.0. The summed E-state index contributed by atoms with van der Waals surface area (Å²) in [7, 11) is 0. The van der Waals surface area contributed by atoms with E-state index < -0.39 is 0 Å². The molecule has 0 saturated heterocycles. The molecule has 1 heterocycles. The minimum absolute atomic E-state index is 0.127. The highest BCUT2D eigenvalue weighted by molar-refractivity contribution is 7.20. The highest BCUT2D eigenvalue weighted by Gasteiger charge is 2.48. The molecule has 0 aliphatic heterocycles. The second-order valence-electron chi connectivity index (χ2n) is 12.2. The van der Waals surface area contributed by atoms with Crippen LogP contribution in [0.3, 0.4) is 0 Å². The van der Waals surface area contributed by atoms with E-state index in [0.29, 0.717) is 12.0 Å². The number of benzene rings is 1. The molecule has 2 aromatic rings. The van der Waals surface area contributed by atoms with Crippen molar-refractivity contribution < 1.29 is 4.79 Å². The Morgan fingerprint density at radius 3 is 2.05 bits per heavy atom. The van der Waals surface area contributed by atoms with E-state index in [-0.39, 0.29) is 11.3 Å². The van der Waals surface area contributed by atoms with Crippen LogP contribution in [0.25, 0.3) is 10.1 Å². The SMILES string of the molecule is CC.CCCC(CCC(C)CC)C(NC(=O)c1cc2ccc(C)cc2s1)C1(C)CC1.CCCCCCCCC. The van der Waals surface area contributed by atoms with Crippen LogP contribution < -0.4 is 5.32 Å². The molecule has 0 bridgehead atoms. The maximum absolute atomic E-state index is 13.2. The minimum atomic E-state index is 0.127. The molecule has 3 atom stereocenters. The van der Waals surface area contributed by atoms with Crippen LogP contribution in [0.15, 0.2) is 24.3 Å². The first-order valence-electron chi connectivity index (χ1n) is 16.6. The first kappa shape index (κ1) is 35.7. The fourth-order valence-corrected chi connectivity index (χ4v) is 6.48. The number of fused-ring (bicyclic) bond motifs is 1. The standard InChI is InChI=1S/C25H37NOS.C9H20.C2H6/c1-6-8-19(11-9-17(3)7-2)23(25(5)13-14-25)26-24(27)22-16-20-12-10-18(4)15-21(20)28-22;1-3-5-7-9-8-6-4-2;1-2/h10,12,15-17,19,23H,6-9,11,13-14H2,1-5H3,(H,26,27);3-9H2,1-2H3;1-2H3. The largest absolute Gasteiger partial charge is 0.348 e. The molecule has 1 amide bonds. The molecule has 3 rings (SSSR count). The van der Waals surface area contributed by atoms with Crippen molar-refractivity contribution in [3.63, 3.8) is 0 Å². The van der Waals surface area contributed by atoms with Gasteiger partial charge in [0, 0.05) is 10.7 Å². The van der Waals surface area contributed by atoms with Gasteiger partial charge in [0.1, 0.15) is 0 Å². The van der Waals surface area contributed by atoms with Gasteiger partial charge in [0.2, 0.25) is 0 Å². The summed E-state index contributed by atoms with van der Waals surface area (Å²) in [5, 5.41) is 4.69. The average Bonchev–Trinajstić information content (AvgIpc) is 3.55. The second kappa shape index (κ2) is 19.7. The van der Waals surface area contributed by atoms with Crippen molar-refractivity contribution in [1.82, 2.24) is 5.32 Å². The van der Waals surface area contributed by atoms with Gasteiger partial charge in [-0.1, -0.05) is 132 Å². The van der Waals surface area contributed by atoms with Gasteiger partial charge in [-0.05, 0) is 72.9 Å². The van der Waals surface area contributed by atoms with Crippen molar-refractivity contribution in [3.8, 4) is 0 Å². The number of unbranched alkanes of at least 4 members (excludes halogenated alkanes) is 6. The zero-order valence-electron chi connectivity index (χ0n) is 27.3. The number of carbonyl (C=O) groups is 1. The topological polar surface area (TPSA) is 29.1 Å². The van der Waals surface area contributed by atoms with Crippen LogP contribution in [0.4, 0.5) is 0 Å². The summed E-state index contributed by atoms with van der Waals surface area (Å²) in [6.07, 6.45) is 18.6. The lowest BCUT2D eigenvalue weighted by Crippen LogP contribution is -2.45. The van der Waals surface area contributed by atoms with E-state index in [0.717, 1.165) is 10.8 Å². The van der Waals surface area contributed by atoms with E-state index in [9.17, 15) is 4.79 Å². The van der Waals surface area contributed by atoms with Gasteiger partial charge in [-0.15, -0.1) is 11.3 Å². The number of nitrogens with one attached hydrogen (secondary N) is 1. The van der Waals surface area contributed by atoms with E-state index >= 15 is 0 Å². The van der Waals surface area contributed by atoms with Crippen LogP contribution in [0.2, 0.25) is 0 Å².